The molecule has 0 fully saturated rings. The molecule has 0 atom stereocenters. The summed E-state index contributed by atoms with van der Waals surface area (Å²) in [6.45, 7) is 0.811. The quantitative estimate of drug-likeness (QED) is 0.185. The van der Waals surface area contributed by atoms with Gasteiger partial charge >= 0.3 is 0 Å². The second-order valence-corrected chi connectivity index (χ2v) is 11.6. The number of hydrogen-bond acceptors (Lipinski definition) is 6. The molecule has 41 heavy (non-hydrogen) atoms. The van der Waals surface area contributed by atoms with Crippen molar-refractivity contribution in [1.29, 1.82) is 5.41 Å². The number of nitrogens with two attached hydrogens (primary N) is 1. The van der Waals surface area contributed by atoms with Crippen LogP contribution in [-0.2, 0) is 23.5 Å². The average molecular weight is 615 g/mol. The Labute approximate surface area is 252 Å². The van der Waals surface area contributed by atoms with Gasteiger partial charge in [0.2, 0.25) is 0 Å². The monoisotopic (exact) mass is 613 g/mol. The molecule has 2 heterocycles. The Hall–Kier alpha value is -3.70. The lowest BCUT2D eigenvalue weighted by Crippen LogP contribution is -2.37. The second kappa shape index (κ2) is 12.9. The predicted octanol–water partition coefficient (Wildman–Crippen LogP) is 4.60. The molecule has 0 saturated heterocycles. The minimum absolute atomic E-state index is 0. The van der Waals surface area contributed by atoms with E-state index in [1.54, 1.807) is 24.4 Å². The van der Waals surface area contributed by atoms with E-state index in [4.69, 9.17) is 16.1 Å². The lowest BCUT2D eigenvalue weighted by Gasteiger charge is -2.26. The number of rotatable bonds is 9. The third-order valence-corrected chi connectivity index (χ3v) is 8.65. The number of nitrogen functional groups attached to an aromatic ring is 1. The first-order valence-corrected chi connectivity index (χ1v) is 14.0. The van der Waals surface area contributed by atoms with Gasteiger partial charge < -0.3 is 15.2 Å². The van der Waals surface area contributed by atoms with E-state index in [1.165, 1.54) is 4.31 Å². The maximum absolute atomic E-state index is 14.1. The fourth-order valence-electron chi connectivity index (χ4n) is 4.62. The highest BCUT2D eigenvalue weighted by molar-refractivity contribution is 7.93. The number of para-hydroxylation sites is 1. The topological polar surface area (TPSA) is 121 Å². The van der Waals surface area contributed by atoms with Crippen LogP contribution in [0.2, 0.25) is 0 Å². The van der Waals surface area contributed by atoms with Crippen LogP contribution in [0.15, 0.2) is 83.9 Å². The van der Waals surface area contributed by atoms with Crippen LogP contribution in [0.3, 0.4) is 0 Å². The lowest BCUT2D eigenvalue weighted by atomic mass is 10.1. The summed E-state index contributed by atoms with van der Waals surface area (Å²) in [7, 11) is 1.87. The van der Waals surface area contributed by atoms with Gasteiger partial charge in [-0.1, -0.05) is 42.5 Å². The number of benzene rings is 3. The lowest BCUT2D eigenvalue weighted by molar-refractivity contribution is 0.419. The number of sulfonamides is 1. The van der Waals surface area contributed by atoms with Gasteiger partial charge in [-0.15, -0.1) is 24.8 Å². The van der Waals surface area contributed by atoms with Crippen molar-refractivity contribution in [2.45, 2.75) is 11.3 Å². The molecule has 5 aromatic rings. The number of imidazole rings is 1. The Morgan fingerprint density at radius 1 is 0.976 bits per heavy atom. The zero-order valence-electron chi connectivity index (χ0n) is 23.0. The van der Waals surface area contributed by atoms with E-state index >= 15 is 0 Å². The Morgan fingerprint density at radius 3 is 2.37 bits per heavy atom. The van der Waals surface area contributed by atoms with Crippen LogP contribution in [0.4, 0.5) is 5.69 Å². The van der Waals surface area contributed by atoms with Gasteiger partial charge in [0.15, 0.2) is 0 Å². The van der Waals surface area contributed by atoms with Crippen molar-refractivity contribution in [3.05, 3.63) is 95.9 Å². The van der Waals surface area contributed by atoms with Gasteiger partial charge in [-0.05, 0) is 50.0 Å². The van der Waals surface area contributed by atoms with Crippen molar-refractivity contribution in [3.8, 4) is 0 Å². The van der Waals surface area contributed by atoms with Crippen LogP contribution in [-0.4, -0.2) is 60.9 Å². The molecule has 0 radical (unpaired) electrons. The van der Waals surface area contributed by atoms with Crippen molar-refractivity contribution in [1.82, 2.24) is 19.4 Å². The minimum atomic E-state index is -3.93. The molecule has 2 aromatic heterocycles. The zero-order valence-corrected chi connectivity index (χ0v) is 25.4. The first-order valence-electron chi connectivity index (χ1n) is 12.5. The molecular weight excluding hydrogens is 581 g/mol. The number of fused-ring (bicyclic) bond motifs is 2. The molecular formula is C29H33Cl2N7O2S. The van der Waals surface area contributed by atoms with Crippen LogP contribution in [0, 0.1) is 5.41 Å². The summed E-state index contributed by atoms with van der Waals surface area (Å²) in [4.78, 5) is 11.4. The molecule has 0 amide bonds. The van der Waals surface area contributed by atoms with E-state index in [1.807, 2.05) is 85.2 Å². The van der Waals surface area contributed by atoms with Gasteiger partial charge in [0.1, 0.15) is 16.6 Å². The Bertz CT molecular complexity index is 1780. The standard InChI is InChI=1S/C29H31N7O2S.2ClH/c1-34(2)16-17-36(39(37,38)26-8-4-6-21-7-5-15-32-28(21)26)23-13-14-25-24(19-23)33-27(35(25)3)18-20-9-11-22(12-10-20)29(30)31;;/h4-15,19H,16-18H2,1-3H3,(H3,30,31);2*1H. The predicted molar refractivity (Wildman–Crippen MR) is 170 cm³/mol. The molecule has 12 heteroatoms. The SMILES string of the molecule is CN(C)CCN(c1ccc2c(c1)nc(Cc1ccc(C(=N)N)cc1)n2C)S(=O)(=O)c1cccc2cccnc12.Cl.Cl. The molecule has 0 bridgehead atoms. The van der Waals surface area contributed by atoms with E-state index in [0.29, 0.717) is 35.2 Å². The maximum atomic E-state index is 14.1. The molecule has 0 saturated carbocycles. The second-order valence-electron chi connectivity index (χ2n) is 9.76. The van der Waals surface area contributed by atoms with Crippen molar-refractivity contribution in [2.24, 2.45) is 12.8 Å². The Morgan fingerprint density at radius 2 is 1.68 bits per heavy atom. The molecule has 0 unspecified atom stereocenters. The van der Waals surface area contributed by atoms with Crippen LogP contribution in [0.25, 0.3) is 21.9 Å². The largest absolute Gasteiger partial charge is 0.384 e. The number of anilines is 1. The highest BCUT2D eigenvalue weighted by Crippen LogP contribution is 2.30. The highest BCUT2D eigenvalue weighted by atomic mass is 35.5. The smallest absolute Gasteiger partial charge is 0.266 e. The summed E-state index contributed by atoms with van der Waals surface area (Å²) >= 11 is 0. The van der Waals surface area contributed by atoms with E-state index < -0.39 is 10.0 Å². The molecule has 9 nitrogen and oxygen atoms in total. The van der Waals surface area contributed by atoms with Gasteiger partial charge in [0.05, 0.1) is 22.2 Å². The molecule has 0 spiro atoms. The third kappa shape index (κ3) is 6.46. The molecule has 3 N–H and O–H groups in total. The summed E-state index contributed by atoms with van der Waals surface area (Å²) in [6, 6.07) is 22.0. The number of nitrogens with zero attached hydrogens (tertiary/aromatic N) is 5. The van der Waals surface area contributed by atoms with Gasteiger partial charge in [0.25, 0.3) is 10.0 Å². The summed E-state index contributed by atoms with van der Waals surface area (Å²) in [6.07, 6.45) is 2.20. The van der Waals surface area contributed by atoms with Crippen LogP contribution < -0.4 is 10.0 Å². The summed E-state index contributed by atoms with van der Waals surface area (Å²) < 4.78 is 31.7. The van der Waals surface area contributed by atoms with Crippen molar-refractivity contribution >= 4 is 68.3 Å². The number of aromatic nitrogens is 3. The number of pyridine rings is 1. The Balaban J connectivity index is 0.00000231. The molecule has 216 valence electrons. The fourth-order valence-corrected chi connectivity index (χ4v) is 6.23. The number of amidine groups is 1. The van der Waals surface area contributed by atoms with Crippen LogP contribution in [0.5, 0.6) is 0 Å². The first-order chi connectivity index (χ1) is 18.6. The van der Waals surface area contributed by atoms with Crippen LogP contribution in [0.1, 0.15) is 17.0 Å². The van der Waals surface area contributed by atoms with Crippen molar-refractivity contribution < 1.29 is 8.42 Å². The maximum Gasteiger partial charge on any atom is 0.266 e. The first kappa shape index (κ1) is 31.8. The average Bonchev–Trinajstić information content (AvgIpc) is 3.22. The number of halogens is 2. The molecule has 3 aromatic carbocycles. The normalized spacial score (nSPS) is 11.3. The summed E-state index contributed by atoms with van der Waals surface area (Å²) in [5.74, 6) is 0.878. The van der Waals surface area contributed by atoms with Gasteiger partial charge in [-0.3, -0.25) is 14.7 Å². The molecule has 5 rings (SSSR count). The van der Waals surface area contributed by atoms with Gasteiger partial charge in [-0.2, -0.15) is 0 Å². The number of hydrogen-bond donors (Lipinski definition) is 2. The van der Waals surface area contributed by atoms with Crippen molar-refractivity contribution in [2.75, 3.05) is 31.5 Å². The van der Waals surface area contributed by atoms with Crippen molar-refractivity contribution in [3.63, 3.8) is 0 Å². The van der Waals surface area contributed by atoms with E-state index in [-0.39, 0.29) is 42.1 Å². The summed E-state index contributed by atoms with van der Waals surface area (Å²) in [5, 5.41) is 8.36. The zero-order chi connectivity index (χ0) is 27.7. The number of nitrogens with one attached hydrogen (secondary N) is 1. The highest BCUT2D eigenvalue weighted by Gasteiger charge is 2.28. The van der Waals surface area contributed by atoms with E-state index in [0.717, 1.165) is 22.3 Å². The number of likely N-dealkylation sites (N-methyl/N-ethyl adjacent to an activating group) is 1. The minimum Gasteiger partial charge on any atom is -0.384 e. The van der Waals surface area contributed by atoms with Gasteiger partial charge in [-0.25, -0.2) is 13.4 Å². The van der Waals surface area contributed by atoms with Crippen LogP contribution >= 0.6 is 24.8 Å². The van der Waals surface area contributed by atoms with E-state index in [2.05, 4.69) is 4.98 Å². The fraction of sp³-hybridized carbons (Fsp3) is 0.207. The number of aryl methyl sites for hydroxylation is 1. The van der Waals surface area contributed by atoms with Gasteiger partial charge in [0, 0.05) is 43.7 Å². The molecule has 0 aliphatic heterocycles. The summed E-state index contributed by atoms with van der Waals surface area (Å²) in [5.41, 5.74) is 9.91. The Kier molecular flexibility index (Phi) is 9.98. The molecule has 0 aliphatic rings. The van der Waals surface area contributed by atoms with E-state index in [9.17, 15) is 8.42 Å². The molecule has 0 aliphatic carbocycles. The third-order valence-electron chi connectivity index (χ3n) is 6.79.